The summed E-state index contributed by atoms with van der Waals surface area (Å²) in [7, 11) is 1.56. The molecule has 1 aliphatic heterocycles. The van der Waals surface area contributed by atoms with Crippen molar-refractivity contribution >= 4 is 6.29 Å². The van der Waals surface area contributed by atoms with Gasteiger partial charge in [-0.15, -0.1) is 0 Å². The molecule has 0 spiro atoms. The summed E-state index contributed by atoms with van der Waals surface area (Å²) < 4.78 is 16.5. The number of aliphatic hydroxyl groups is 1. The van der Waals surface area contributed by atoms with E-state index in [4.69, 9.17) is 14.2 Å². The Hall–Kier alpha value is -1.59. The van der Waals surface area contributed by atoms with E-state index in [2.05, 4.69) is 0 Å². The highest BCUT2D eigenvalue weighted by atomic mass is 16.7. The minimum absolute atomic E-state index is 0.133. The van der Waals surface area contributed by atoms with Crippen LogP contribution in [0.4, 0.5) is 0 Å². The van der Waals surface area contributed by atoms with E-state index in [1.165, 1.54) is 0 Å². The highest BCUT2D eigenvalue weighted by Crippen LogP contribution is 2.54. The third-order valence-corrected chi connectivity index (χ3v) is 4.56. The summed E-state index contributed by atoms with van der Waals surface area (Å²) in [5.74, 6) is 1.24. The highest BCUT2D eigenvalue weighted by Gasteiger charge is 2.54. The number of hydrogen-bond donors (Lipinski definition) is 1. The Balaban J connectivity index is 2.04. The van der Waals surface area contributed by atoms with Crippen LogP contribution in [0.2, 0.25) is 0 Å². The van der Waals surface area contributed by atoms with Crippen LogP contribution in [0.5, 0.6) is 11.5 Å². The van der Waals surface area contributed by atoms with Gasteiger partial charge in [0.05, 0.1) is 6.10 Å². The molecule has 0 radical (unpaired) electrons. The normalized spacial score (nSPS) is 30.2. The fourth-order valence-corrected chi connectivity index (χ4v) is 3.64. The molecule has 21 heavy (non-hydrogen) atoms. The van der Waals surface area contributed by atoms with Gasteiger partial charge in [0.15, 0.2) is 18.3 Å². The average molecular weight is 292 g/mol. The number of aldehydes is 1. The lowest BCUT2D eigenvalue weighted by molar-refractivity contribution is -0.111. The summed E-state index contributed by atoms with van der Waals surface area (Å²) >= 11 is 0. The molecule has 114 valence electrons. The third kappa shape index (κ3) is 2.21. The van der Waals surface area contributed by atoms with Crippen LogP contribution in [-0.4, -0.2) is 37.5 Å². The zero-order valence-corrected chi connectivity index (χ0v) is 12.1. The fourth-order valence-electron chi connectivity index (χ4n) is 3.64. The maximum absolute atomic E-state index is 11.2. The number of methoxy groups -OCH3 is 1. The molecule has 1 saturated carbocycles. The van der Waals surface area contributed by atoms with Crippen LogP contribution >= 0.6 is 0 Å². The van der Waals surface area contributed by atoms with Gasteiger partial charge in [0.25, 0.3) is 0 Å². The molecule has 1 aromatic carbocycles. The van der Waals surface area contributed by atoms with Gasteiger partial charge >= 0.3 is 0 Å². The number of carbonyl (C=O) groups is 1. The standard InChI is InChI=1S/C16H20O5/c1-19-10-20-13-6-2-4-11-14(13)21-15-12(18)5-3-7-16(11,15)8-9-17/h2,4,6,9,12,15,18H,3,5,7-8,10H2,1H3/t12-,15+,16-/m0/s1. The molecule has 1 aliphatic carbocycles. The van der Waals surface area contributed by atoms with E-state index in [9.17, 15) is 9.90 Å². The first-order valence-corrected chi connectivity index (χ1v) is 7.26. The molecule has 3 rings (SSSR count). The molecular formula is C16H20O5. The van der Waals surface area contributed by atoms with Gasteiger partial charge in [0.2, 0.25) is 0 Å². The van der Waals surface area contributed by atoms with Crippen LogP contribution in [-0.2, 0) is 14.9 Å². The average Bonchev–Trinajstić information content (AvgIpc) is 2.82. The van der Waals surface area contributed by atoms with Crippen molar-refractivity contribution in [3.63, 3.8) is 0 Å². The Morgan fingerprint density at radius 1 is 1.52 bits per heavy atom. The second kappa shape index (κ2) is 5.66. The van der Waals surface area contributed by atoms with Crippen LogP contribution in [0.25, 0.3) is 0 Å². The van der Waals surface area contributed by atoms with E-state index >= 15 is 0 Å². The molecule has 5 nitrogen and oxygen atoms in total. The Morgan fingerprint density at radius 2 is 2.38 bits per heavy atom. The lowest BCUT2D eigenvalue weighted by Gasteiger charge is -2.39. The summed E-state index contributed by atoms with van der Waals surface area (Å²) in [6.45, 7) is 0.133. The summed E-state index contributed by atoms with van der Waals surface area (Å²) in [6, 6.07) is 5.68. The van der Waals surface area contributed by atoms with Gasteiger partial charge in [-0.25, -0.2) is 0 Å². The lowest BCUT2D eigenvalue weighted by Crippen LogP contribution is -2.49. The van der Waals surface area contributed by atoms with Crippen LogP contribution in [0, 0.1) is 0 Å². The van der Waals surface area contributed by atoms with Crippen molar-refractivity contribution in [3.05, 3.63) is 23.8 Å². The zero-order valence-electron chi connectivity index (χ0n) is 12.1. The van der Waals surface area contributed by atoms with Gasteiger partial charge in [0, 0.05) is 24.5 Å². The molecule has 2 aliphatic rings. The van der Waals surface area contributed by atoms with Crippen LogP contribution in [0.1, 0.15) is 31.2 Å². The van der Waals surface area contributed by atoms with Gasteiger partial charge in [-0.05, 0) is 25.3 Å². The molecule has 0 saturated heterocycles. The molecule has 1 N–H and O–H groups in total. The first kappa shape index (κ1) is 14.4. The number of aliphatic hydroxyl groups excluding tert-OH is 1. The first-order valence-electron chi connectivity index (χ1n) is 7.26. The van der Waals surface area contributed by atoms with E-state index < -0.39 is 11.5 Å². The molecule has 5 heteroatoms. The summed E-state index contributed by atoms with van der Waals surface area (Å²) in [4.78, 5) is 11.2. The molecule has 1 fully saturated rings. The fraction of sp³-hybridized carbons (Fsp3) is 0.562. The lowest BCUT2D eigenvalue weighted by atomic mass is 9.66. The Kier molecular flexibility index (Phi) is 3.87. The van der Waals surface area contributed by atoms with Crippen molar-refractivity contribution in [3.8, 4) is 11.5 Å². The number of fused-ring (bicyclic) bond motifs is 3. The Labute approximate surface area is 123 Å². The van der Waals surface area contributed by atoms with E-state index in [0.29, 0.717) is 24.3 Å². The van der Waals surface area contributed by atoms with Crippen molar-refractivity contribution in [2.24, 2.45) is 0 Å². The molecule has 3 atom stereocenters. The van der Waals surface area contributed by atoms with Gasteiger partial charge in [-0.3, -0.25) is 0 Å². The van der Waals surface area contributed by atoms with Gasteiger partial charge in [0.1, 0.15) is 12.4 Å². The molecule has 0 aromatic heterocycles. The summed E-state index contributed by atoms with van der Waals surface area (Å²) in [5, 5.41) is 10.3. The molecule has 0 bridgehead atoms. The van der Waals surface area contributed by atoms with Gasteiger partial charge < -0.3 is 24.1 Å². The number of para-hydroxylation sites is 1. The maximum atomic E-state index is 11.2. The van der Waals surface area contributed by atoms with Crippen molar-refractivity contribution < 1.29 is 24.1 Å². The van der Waals surface area contributed by atoms with Gasteiger partial charge in [-0.2, -0.15) is 0 Å². The van der Waals surface area contributed by atoms with E-state index in [1.807, 2.05) is 18.2 Å². The van der Waals surface area contributed by atoms with Crippen LogP contribution in [0.15, 0.2) is 18.2 Å². The largest absolute Gasteiger partial charge is 0.483 e. The zero-order chi connectivity index (χ0) is 14.9. The second-order valence-corrected chi connectivity index (χ2v) is 5.71. The molecule has 0 amide bonds. The number of benzene rings is 1. The van der Waals surface area contributed by atoms with E-state index in [-0.39, 0.29) is 12.9 Å². The Morgan fingerprint density at radius 3 is 3.14 bits per heavy atom. The smallest absolute Gasteiger partial charge is 0.188 e. The van der Waals surface area contributed by atoms with Crippen molar-refractivity contribution in [1.29, 1.82) is 0 Å². The summed E-state index contributed by atoms with van der Waals surface area (Å²) in [6.07, 6.45) is 2.78. The number of carbonyl (C=O) groups excluding carboxylic acids is 1. The predicted molar refractivity (Wildman–Crippen MR) is 75.6 cm³/mol. The van der Waals surface area contributed by atoms with Crippen LogP contribution in [0.3, 0.4) is 0 Å². The number of hydrogen-bond acceptors (Lipinski definition) is 5. The molecule has 1 aromatic rings. The van der Waals surface area contributed by atoms with Crippen molar-refractivity contribution in [2.45, 2.75) is 43.3 Å². The van der Waals surface area contributed by atoms with Crippen molar-refractivity contribution in [1.82, 2.24) is 0 Å². The third-order valence-electron chi connectivity index (χ3n) is 4.56. The van der Waals surface area contributed by atoms with Gasteiger partial charge in [-0.1, -0.05) is 12.1 Å². The van der Waals surface area contributed by atoms with E-state index in [1.54, 1.807) is 7.11 Å². The SMILES string of the molecule is COCOc1cccc2c1O[C@@H]1[C@@H](O)CCC[C@]21CC=O. The quantitative estimate of drug-likeness (QED) is 0.662. The van der Waals surface area contributed by atoms with Crippen LogP contribution < -0.4 is 9.47 Å². The highest BCUT2D eigenvalue weighted by molar-refractivity contribution is 5.61. The number of ether oxygens (including phenoxy) is 3. The monoisotopic (exact) mass is 292 g/mol. The van der Waals surface area contributed by atoms with Crippen molar-refractivity contribution in [2.75, 3.05) is 13.9 Å². The minimum Gasteiger partial charge on any atom is -0.483 e. The minimum atomic E-state index is -0.554. The molecule has 0 unspecified atom stereocenters. The number of rotatable bonds is 5. The molecule has 1 heterocycles. The first-order chi connectivity index (χ1) is 10.2. The molecular weight excluding hydrogens is 272 g/mol. The summed E-state index contributed by atoms with van der Waals surface area (Å²) in [5.41, 5.74) is 0.535. The van der Waals surface area contributed by atoms with E-state index in [0.717, 1.165) is 24.7 Å². The second-order valence-electron chi connectivity index (χ2n) is 5.71. The topological polar surface area (TPSA) is 65.0 Å². The Bertz CT molecular complexity index is 529. The predicted octanol–water partition coefficient (Wildman–Crippen LogP) is 1.80. The maximum Gasteiger partial charge on any atom is 0.188 e.